The highest BCUT2D eigenvalue weighted by Crippen LogP contribution is 2.09. The molecule has 1 aromatic carbocycles. The number of benzene rings is 1. The molecule has 0 aliphatic carbocycles. The molecule has 90 valence electrons. The van der Waals surface area contributed by atoms with Crippen molar-refractivity contribution in [2.24, 2.45) is 5.92 Å². The number of nitrogens with zero attached hydrogens (tertiary/aromatic N) is 1. The van der Waals surface area contributed by atoms with Crippen LogP contribution in [0.4, 0.5) is 0 Å². The molecule has 0 bridgehead atoms. The Morgan fingerprint density at radius 2 is 1.69 bits per heavy atom. The van der Waals surface area contributed by atoms with E-state index in [4.69, 9.17) is 0 Å². The molecule has 0 radical (unpaired) electrons. The highest BCUT2D eigenvalue weighted by Gasteiger charge is 2.09. The number of hydrogen-bond donors (Lipinski definition) is 0. The van der Waals surface area contributed by atoms with Gasteiger partial charge in [0.25, 0.3) is 0 Å². The molecular formula is C15H25N. The second kappa shape index (κ2) is 6.70. The molecule has 0 spiro atoms. The topological polar surface area (TPSA) is 3.24 Å². The van der Waals surface area contributed by atoms with Crippen molar-refractivity contribution in [3.8, 4) is 0 Å². The average Bonchev–Trinajstić information content (AvgIpc) is 2.27. The van der Waals surface area contributed by atoms with Crippen molar-refractivity contribution in [2.75, 3.05) is 13.6 Å². The van der Waals surface area contributed by atoms with Crippen LogP contribution < -0.4 is 0 Å². The maximum Gasteiger partial charge on any atom is 0.0104 e. The van der Waals surface area contributed by atoms with Crippen LogP contribution >= 0.6 is 0 Å². The van der Waals surface area contributed by atoms with Gasteiger partial charge in [0.1, 0.15) is 0 Å². The van der Waals surface area contributed by atoms with Gasteiger partial charge in [-0.25, -0.2) is 0 Å². The Bertz CT molecular complexity index is 279. The summed E-state index contributed by atoms with van der Waals surface area (Å²) in [5.74, 6) is 0.798. The molecule has 1 nitrogen and oxygen atoms in total. The van der Waals surface area contributed by atoms with Gasteiger partial charge in [-0.3, -0.25) is 0 Å². The SMILES string of the molecule is CC(C)CCN(C)C(C)Cc1ccccc1. The minimum absolute atomic E-state index is 0.626. The van der Waals surface area contributed by atoms with E-state index in [1.54, 1.807) is 0 Å². The summed E-state index contributed by atoms with van der Waals surface area (Å²) in [7, 11) is 2.23. The van der Waals surface area contributed by atoms with Gasteiger partial charge in [0.2, 0.25) is 0 Å². The molecule has 0 saturated carbocycles. The Kier molecular flexibility index (Phi) is 5.54. The van der Waals surface area contributed by atoms with Gasteiger partial charge in [-0.05, 0) is 44.8 Å². The molecule has 0 saturated heterocycles. The zero-order valence-electron chi connectivity index (χ0n) is 11.1. The normalized spacial score (nSPS) is 13.4. The van der Waals surface area contributed by atoms with E-state index < -0.39 is 0 Å². The predicted octanol–water partition coefficient (Wildman–Crippen LogP) is 3.60. The third kappa shape index (κ3) is 4.80. The van der Waals surface area contributed by atoms with E-state index in [9.17, 15) is 0 Å². The predicted molar refractivity (Wildman–Crippen MR) is 71.7 cm³/mol. The summed E-state index contributed by atoms with van der Waals surface area (Å²) in [6, 6.07) is 11.4. The van der Waals surface area contributed by atoms with Crippen LogP contribution in [0.1, 0.15) is 32.8 Å². The smallest absolute Gasteiger partial charge is 0.0104 e. The lowest BCUT2D eigenvalue weighted by molar-refractivity contribution is 0.242. The van der Waals surface area contributed by atoms with Crippen LogP contribution in [0, 0.1) is 5.92 Å². The fraction of sp³-hybridized carbons (Fsp3) is 0.600. The maximum atomic E-state index is 2.47. The molecule has 0 fully saturated rings. The second-order valence-corrected chi connectivity index (χ2v) is 5.20. The molecule has 1 heteroatoms. The highest BCUT2D eigenvalue weighted by atomic mass is 15.1. The summed E-state index contributed by atoms with van der Waals surface area (Å²) >= 11 is 0. The highest BCUT2D eigenvalue weighted by molar-refractivity contribution is 5.15. The van der Waals surface area contributed by atoms with Gasteiger partial charge in [0.05, 0.1) is 0 Å². The van der Waals surface area contributed by atoms with Gasteiger partial charge in [-0.1, -0.05) is 44.2 Å². The number of rotatable bonds is 6. The molecule has 1 aromatic rings. The Morgan fingerprint density at radius 3 is 2.25 bits per heavy atom. The van der Waals surface area contributed by atoms with E-state index in [2.05, 4.69) is 63.1 Å². The molecule has 0 aliphatic rings. The van der Waals surface area contributed by atoms with Crippen molar-refractivity contribution in [3.63, 3.8) is 0 Å². The van der Waals surface area contributed by atoms with E-state index >= 15 is 0 Å². The summed E-state index contributed by atoms with van der Waals surface area (Å²) in [5.41, 5.74) is 1.44. The first-order valence-corrected chi connectivity index (χ1v) is 6.33. The Morgan fingerprint density at radius 1 is 1.06 bits per heavy atom. The fourth-order valence-corrected chi connectivity index (χ4v) is 1.79. The van der Waals surface area contributed by atoms with Crippen LogP contribution in [0.3, 0.4) is 0 Å². The van der Waals surface area contributed by atoms with Crippen molar-refractivity contribution >= 4 is 0 Å². The molecule has 0 aromatic heterocycles. The quantitative estimate of drug-likeness (QED) is 0.706. The van der Waals surface area contributed by atoms with Crippen molar-refractivity contribution in [1.82, 2.24) is 4.90 Å². The summed E-state index contributed by atoms with van der Waals surface area (Å²) < 4.78 is 0. The molecule has 16 heavy (non-hydrogen) atoms. The van der Waals surface area contributed by atoms with Gasteiger partial charge < -0.3 is 4.90 Å². The standard InChI is InChI=1S/C15H25N/c1-13(2)10-11-16(4)14(3)12-15-8-6-5-7-9-15/h5-9,13-14H,10-12H2,1-4H3. The number of hydrogen-bond acceptors (Lipinski definition) is 1. The largest absolute Gasteiger partial charge is 0.303 e. The van der Waals surface area contributed by atoms with Crippen LogP contribution in [0.2, 0.25) is 0 Å². The Hall–Kier alpha value is -0.820. The monoisotopic (exact) mass is 219 g/mol. The van der Waals surface area contributed by atoms with Gasteiger partial charge >= 0.3 is 0 Å². The van der Waals surface area contributed by atoms with Gasteiger partial charge in [-0.15, -0.1) is 0 Å². The first-order chi connectivity index (χ1) is 7.59. The second-order valence-electron chi connectivity index (χ2n) is 5.20. The van der Waals surface area contributed by atoms with Gasteiger partial charge in [0, 0.05) is 6.04 Å². The maximum absolute atomic E-state index is 2.47. The summed E-state index contributed by atoms with van der Waals surface area (Å²) in [6.07, 6.45) is 2.44. The molecular weight excluding hydrogens is 194 g/mol. The van der Waals surface area contributed by atoms with E-state index in [0.29, 0.717) is 6.04 Å². The van der Waals surface area contributed by atoms with Crippen molar-refractivity contribution in [2.45, 2.75) is 39.7 Å². The Labute approximate surface area is 100 Å². The third-order valence-electron chi connectivity index (χ3n) is 3.19. The molecule has 0 amide bonds. The lowest BCUT2D eigenvalue weighted by Crippen LogP contribution is -2.32. The zero-order chi connectivity index (χ0) is 12.0. The van der Waals surface area contributed by atoms with Crippen molar-refractivity contribution < 1.29 is 0 Å². The molecule has 1 unspecified atom stereocenters. The third-order valence-corrected chi connectivity index (χ3v) is 3.19. The summed E-state index contributed by atoms with van der Waals surface area (Å²) in [4.78, 5) is 2.47. The fourth-order valence-electron chi connectivity index (χ4n) is 1.79. The lowest BCUT2D eigenvalue weighted by Gasteiger charge is -2.25. The zero-order valence-corrected chi connectivity index (χ0v) is 11.1. The molecule has 0 heterocycles. The number of likely N-dealkylation sites (N-methyl/N-ethyl adjacent to an activating group) is 1. The molecule has 1 atom stereocenters. The van der Waals surface area contributed by atoms with Crippen LogP contribution in [-0.4, -0.2) is 24.5 Å². The van der Waals surface area contributed by atoms with Gasteiger partial charge in [-0.2, -0.15) is 0 Å². The first-order valence-electron chi connectivity index (χ1n) is 6.33. The summed E-state index contributed by atoms with van der Waals surface area (Å²) in [6.45, 7) is 8.09. The minimum atomic E-state index is 0.626. The van der Waals surface area contributed by atoms with Gasteiger partial charge in [0.15, 0.2) is 0 Å². The Balaban J connectivity index is 2.37. The molecule has 0 N–H and O–H groups in total. The van der Waals surface area contributed by atoms with Crippen molar-refractivity contribution in [3.05, 3.63) is 35.9 Å². The van der Waals surface area contributed by atoms with Crippen LogP contribution in [0.5, 0.6) is 0 Å². The molecule has 1 rings (SSSR count). The lowest BCUT2D eigenvalue weighted by atomic mass is 10.1. The van der Waals surface area contributed by atoms with E-state index in [1.165, 1.54) is 18.5 Å². The van der Waals surface area contributed by atoms with Crippen molar-refractivity contribution in [1.29, 1.82) is 0 Å². The van der Waals surface area contributed by atoms with Crippen LogP contribution in [0.15, 0.2) is 30.3 Å². The van der Waals surface area contributed by atoms with E-state index in [1.807, 2.05) is 0 Å². The van der Waals surface area contributed by atoms with Crippen LogP contribution in [0.25, 0.3) is 0 Å². The average molecular weight is 219 g/mol. The minimum Gasteiger partial charge on any atom is -0.303 e. The van der Waals surface area contributed by atoms with Crippen LogP contribution in [-0.2, 0) is 6.42 Å². The van der Waals surface area contributed by atoms with E-state index in [-0.39, 0.29) is 0 Å². The molecule has 0 aliphatic heterocycles. The van der Waals surface area contributed by atoms with E-state index in [0.717, 1.165) is 12.3 Å². The summed E-state index contributed by atoms with van der Waals surface area (Å²) in [5, 5.41) is 0. The first kappa shape index (κ1) is 13.2.